The lowest BCUT2D eigenvalue weighted by atomic mass is 10.1. The van der Waals surface area contributed by atoms with Gasteiger partial charge in [-0.3, -0.25) is 0 Å². The second-order valence-electron chi connectivity index (χ2n) is 5.33. The van der Waals surface area contributed by atoms with E-state index < -0.39 is 0 Å². The Balaban J connectivity index is 1.55. The maximum atomic E-state index is 5.12. The first kappa shape index (κ1) is 13.3. The number of hydrogen-bond donors (Lipinski definition) is 1. The van der Waals surface area contributed by atoms with E-state index in [1.165, 1.54) is 16.8 Å². The summed E-state index contributed by atoms with van der Waals surface area (Å²) in [4.78, 5) is 4.23. The number of ether oxygens (including phenoxy) is 1. The molecular formula is C16H21N3O. The normalized spacial score (nSPS) is 14.7. The fourth-order valence-electron chi connectivity index (χ4n) is 2.84. The molecule has 0 unspecified atom stereocenters. The highest BCUT2D eigenvalue weighted by Gasteiger charge is 2.20. The van der Waals surface area contributed by atoms with E-state index in [0.717, 1.165) is 32.5 Å². The quantitative estimate of drug-likeness (QED) is 0.870. The summed E-state index contributed by atoms with van der Waals surface area (Å²) in [5.74, 6) is 0. The van der Waals surface area contributed by atoms with Gasteiger partial charge in [0.1, 0.15) is 0 Å². The van der Waals surface area contributed by atoms with Gasteiger partial charge < -0.3 is 14.6 Å². The van der Waals surface area contributed by atoms with E-state index in [1.54, 1.807) is 7.11 Å². The number of hydrogen-bond acceptors (Lipinski definition) is 3. The average Bonchev–Trinajstić information content (AvgIpc) is 3.08. The Morgan fingerprint density at radius 3 is 2.75 bits per heavy atom. The maximum Gasteiger partial charge on any atom is 0.0949 e. The molecule has 0 saturated heterocycles. The highest BCUT2D eigenvalue weighted by Crippen LogP contribution is 2.21. The monoisotopic (exact) mass is 271 g/mol. The van der Waals surface area contributed by atoms with Crippen LogP contribution in [0.4, 0.5) is 0 Å². The number of benzene rings is 1. The summed E-state index contributed by atoms with van der Waals surface area (Å²) in [6, 6.07) is 9.26. The van der Waals surface area contributed by atoms with Crippen molar-refractivity contribution in [3.8, 4) is 0 Å². The average molecular weight is 271 g/mol. The van der Waals surface area contributed by atoms with Gasteiger partial charge in [0.05, 0.1) is 18.6 Å². The molecule has 0 bridgehead atoms. The molecule has 0 amide bonds. The van der Waals surface area contributed by atoms with Crippen LogP contribution in [-0.2, 0) is 30.7 Å². The lowest BCUT2D eigenvalue weighted by molar-refractivity contribution is 0.186. The topological polar surface area (TPSA) is 39.1 Å². The van der Waals surface area contributed by atoms with Gasteiger partial charge in [0.2, 0.25) is 0 Å². The Morgan fingerprint density at radius 2 is 2.05 bits per heavy atom. The van der Waals surface area contributed by atoms with Crippen LogP contribution in [0.3, 0.4) is 0 Å². The fraction of sp³-hybridized carbons (Fsp3) is 0.438. The minimum absolute atomic E-state index is 0.540. The second-order valence-corrected chi connectivity index (χ2v) is 5.33. The first-order valence-corrected chi connectivity index (χ1v) is 7.15. The van der Waals surface area contributed by atoms with Crippen LogP contribution in [0.15, 0.2) is 36.8 Å². The summed E-state index contributed by atoms with van der Waals surface area (Å²) in [6.45, 7) is 2.44. The molecular weight excluding hydrogens is 250 g/mol. The number of imidazole rings is 1. The molecule has 0 saturated carbocycles. The molecule has 2 aromatic rings. The lowest BCUT2D eigenvalue weighted by Crippen LogP contribution is -2.30. The van der Waals surface area contributed by atoms with Crippen LogP contribution in [-0.4, -0.2) is 29.3 Å². The Morgan fingerprint density at radius 1 is 1.30 bits per heavy atom. The largest absolute Gasteiger partial charge is 0.383 e. The highest BCUT2D eigenvalue weighted by atomic mass is 16.5. The highest BCUT2D eigenvalue weighted by molar-refractivity contribution is 5.33. The number of fused-ring (bicyclic) bond motifs is 1. The zero-order valence-corrected chi connectivity index (χ0v) is 11.9. The smallest absolute Gasteiger partial charge is 0.0949 e. The van der Waals surface area contributed by atoms with Crippen LogP contribution < -0.4 is 5.32 Å². The molecule has 4 heteroatoms. The van der Waals surface area contributed by atoms with Crippen LogP contribution >= 0.6 is 0 Å². The fourth-order valence-corrected chi connectivity index (χ4v) is 2.84. The van der Waals surface area contributed by atoms with E-state index in [2.05, 4.69) is 39.1 Å². The Bertz CT molecular complexity index is 539. The van der Waals surface area contributed by atoms with Gasteiger partial charge in [0.15, 0.2) is 0 Å². The van der Waals surface area contributed by atoms with E-state index in [-0.39, 0.29) is 0 Å². The van der Waals surface area contributed by atoms with E-state index in [0.29, 0.717) is 6.04 Å². The summed E-state index contributed by atoms with van der Waals surface area (Å²) >= 11 is 0. The van der Waals surface area contributed by atoms with Crippen molar-refractivity contribution in [1.82, 2.24) is 14.9 Å². The molecule has 0 fully saturated rings. The summed E-state index contributed by atoms with van der Waals surface area (Å²) in [7, 11) is 1.73. The molecule has 0 atom stereocenters. The van der Waals surface area contributed by atoms with Crippen molar-refractivity contribution in [2.24, 2.45) is 0 Å². The van der Waals surface area contributed by atoms with Crippen LogP contribution in [0, 0.1) is 0 Å². The summed E-state index contributed by atoms with van der Waals surface area (Å²) in [5, 5.41) is 3.65. The van der Waals surface area contributed by atoms with Gasteiger partial charge in [0, 0.05) is 32.4 Å². The van der Waals surface area contributed by atoms with Crippen molar-refractivity contribution >= 4 is 0 Å². The van der Waals surface area contributed by atoms with Crippen molar-refractivity contribution in [1.29, 1.82) is 0 Å². The molecule has 3 rings (SSSR count). The SMILES string of the molecule is COCCn1cncc1CNC1Cc2ccccc2C1. The van der Waals surface area contributed by atoms with E-state index in [1.807, 2.05) is 12.5 Å². The van der Waals surface area contributed by atoms with Gasteiger partial charge in [-0.05, 0) is 24.0 Å². The lowest BCUT2D eigenvalue weighted by Gasteiger charge is -2.13. The maximum absolute atomic E-state index is 5.12. The van der Waals surface area contributed by atoms with Crippen molar-refractivity contribution in [2.75, 3.05) is 13.7 Å². The number of aromatic nitrogens is 2. The van der Waals surface area contributed by atoms with Gasteiger partial charge in [-0.2, -0.15) is 0 Å². The van der Waals surface area contributed by atoms with Crippen LogP contribution in [0.2, 0.25) is 0 Å². The third-order valence-corrected chi connectivity index (χ3v) is 3.96. The van der Waals surface area contributed by atoms with E-state index >= 15 is 0 Å². The minimum Gasteiger partial charge on any atom is -0.383 e. The number of nitrogens with zero attached hydrogens (tertiary/aromatic N) is 2. The van der Waals surface area contributed by atoms with E-state index in [9.17, 15) is 0 Å². The van der Waals surface area contributed by atoms with Gasteiger partial charge in [-0.1, -0.05) is 24.3 Å². The van der Waals surface area contributed by atoms with Gasteiger partial charge in [-0.25, -0.2) is 4.98 Å². The predicted octanol–water partition coefficient (Wildman–Crippen LogP) is 1.79. The molecule has 1 heterocycles. The molecule has 0 spiro atoms. The number of rotatable bonds is 6. The predicted molar refractivity (Wildman–Crippen MR) is 78.6 cm³/mol. The first-order valence-electron chi connectivity index (χ1n) is 7.15. The zero-order valence-electron chi connectivity index (χ0n) is 11.9. The molecule has 4 nitrogen and oxygen atoms in total. The third kappa shape index (κ3) is 2.92. The zero-order chi connectivity index (χ0) is 13.8. The van der Waals surface area contributed by atoms with E-state index in [4.69, 9.17) is 4.74 Å². The molecule has 1 aromatic carbocycles. The molecule has 1 aromatic heterocycles. The van der Waals surface area contributed by atoms with Crippen molar-refractivity contribution in [3.63, 3.8) is 0 Å². The first-order chi connectivity index (χ1) is 9.86. The second kappa shape index (κ2) is 6.20. The minimum atomic E-state index is 0.540. The van der Waals surface area contributed by atoms with Gasteiger partial charge in [-0.15, -0.1) is 0 Å². The summed E-state index contributed by atoms with van der Waals surface area (Å²) in [6.07, 6.45) is 6.06. The van der Waals surface area contributed by atoms with Gasteiger partial charge >= 0.3 is 0 Å². The van der Waals surface area contributed by atoms with Crippen molar-refractivity contribution < 1.29 is 4.74 Å². The summed E-state index contributed by atoms with van der Waals surface area (Å²) in [5.41, 5.74) is 4.19. The third-order valence-electron chi connectivity index (χ3n) is 3.96. The molecule has 1 N–H and O–H groups in total. The summed E-state index contributed by atoms with van der Waals surface area (Å²) < 4.78 is 7.27. The molecule has 106 valence electrons. The van der Waals surface area contributed by atoms with Crippen LogP contribution in [0.25, 0.3) is 0 Å². The number of methoxy groups -OCH3 is 1. The van der Waals surface area contributed by atoms with Gasteiger partial charge in [0.25, 0.3) is 0 Å². The van der Waals surface area contributed by atoms with Crippen molar-refractivity contribution in [2.45, 2.75) is 32.0 Å². The Labute approximate surface area is 119 Å². The standard InChI is InChI=1S/C16H21N3O/c1-20-7-6-19-12-17-10-16(19)11-18-15-8-13-4-2-3-5-14(13)9-15/h2-5,10,12,15,18H,6-9,11H2,1H3. The van der Waals surface area contributed by atoms with Crippen LogP contribution in [0.1, 0.15) is 16.8 Å². The van der Waals surface area contributed by atoms with Crippen LogP contribution in [0.5, 0.6) is 0 Å². The Hall–Kier alpha value is -1.65. The molecule has 20 heavy (non-hydrogen) atoms. The molecule has 0 radical (unpaired) electrons. The molecule has 1 aliphatic rings. The Kier molecular flexibility index (Phi) is 4.14. The molecule has 1 aliphatic carbocycles. The number of nitrogens with one attached hydrogen (secondary N) is 1. The molecule has 0 aliphatic heterocycles. The van der Waals surface area contributed by atoms with Crippen molar-refractivity contribution in [3.05, 3.63) is 53.6 Å².